The van der Waals surface area contributed by atoms with E-state index >= 15 is 0 Å². The van der Waals surface area contributed by atoms with E-state index < -0.39 is 0 Å². The topological polar surface area (TPSA) is 89.4 Å². The van der Waals surface area contributed by atoms with E-state index in [9.17, 15) is 5.11 Å². The molecule has 0 aliphatic carbocycles. The molecule has 0 saturated carbocycles. The predicted octanol–water partition coefficient (Wildman–Crippen LogP) is 3.47. The Labute approximate surface area is 220 Å². The van der Waals surface area contributed by atoms with Gasteiger partial charge in [0.05, 0.1) is 55.4 Å². The molecule has 2 aromatic carbocycles. The van der Waals surface area contributed by atoms with Crippen LogP contribution in [0.1, 0.15) is 5.56 Å². The molecule has 0 fully saturated rings. The highest BCUT2D eigenvalue weighted by atomic mass is 16.5. The first-order chi connectivity index (χ1) is 18.6. The van der Waals surface area contributed by atoms with Crippen molar-refractivity contribution in [1.29, 1.82) is 0 Å². The molecule has 0 amide bonds. The Hall–Kier alpha value is -4.94. The largest absolute Gasteiger partial charge is 0.497 e. The molecule has 9 heteroatoms. The number of methoxy groups -OCH3 is 2. The fourth-order valence-corrected chi connectivity index (χ4v) is 4.04. The van der Waals surface area contributed by atoms with Gasteiger partial charge >= 0.3 is 0 Å². The van der Waals surface area contributed by atoms with Crippen LogP contribution in [0.3, 0.4) is 0 Å². The van der Waals surface area contributed by atoms with Gasteiger partial charge in [-0.25, -0.2) is 4.98 Å². The maximum atomic E-state index is 9.42. The van der Waals surface area contributed by atoms with Crippen molar-refractivity contribution >= 4 is 22.4 Å². The predicted molar refractivity (Wildman–Crippen MR) is 144 cm³/mol. The Morgan fingerprint density at radius 1 is 1.00 bits per heavy atom. The smallest absolute Gasteiger partial charge is 0.250 e. The number of ether oxygens (including phenoxy) is 2. The van der Waals surface area contributed by atoms with Crippen LogP contribution in [0.15, 0.2) is 79.5 Å². The Morgan fingerprint density at radius 2 is 1.82 bits per heavy atom. The Bertz CT molecular complexity index is 1630. The molecule has 3 aromatic heterocycles. The molecule has 190 valence electrons. The summed E-state index contributed by atoms with van der Waals surface area (Å²) >= 11 is 0. The number of aryl methyl sites for hydroxylation is 1. The fourth-order valence-electron chi connectivity index (χ4n) is 4.04. The molecule has 0 bridgehead atoms. The van der Waals surface area contributed by atoms with Crippen LogP contribution in [0.25, 0.3) is 22.3 Å². The van der Waals surface area contributed by atoms with E-state index in [-0.39, 0.29) is 6.73 Å². The Morgan fingerprint density at radius 3 is 2.53 bits per heavy atom. The van der Waals surface area contributed by atoms with Gasteiger partial charge in [0.1, 0.15) is 11.5 Å². The van der Waals surface area contributed by atoms with Crippen molar-refractivity contribution < 1.29 is 19.1 Å². The van der Waals surface area contributed by atoms with Crippen LogP contribution in [-0.4, -0.2) is 45.6 Å². The zero-order valence-corrected chi connectivity index (χ0v) is 21.4. The summed E-state index contributed by atoms with van der Waals surface area (Å²) in [7, 11) is 5.12. The lowest BCUT2D eigenvalue weighted by Crippen LogP contribution is -2.32. The first-order valence-corrected chi connectivity index (χ1v) is 11.9. The maximum Gasteiger partial charge on any atom is 0.250 e. The first kappa shape index (κ1) is 24.7. The van der Waals surface area contributed by atoms with Gasteiger partial charge in [-0.05, 0) is 24.3 Å². The van der Waals surface area contributed by atoms with Crippen molar-refractivity contribution in [3.8, 4) is 34.6 Å². The molecule has 0 aliphatic rings. The van der Waals surface area contributed by atoms with E-state index in [1.807, 2.05) is 61.8 Å². The summed E-state index contributed by atoms with van der Waals surface area (Å²) in [5.41, 5.74) is 5.73. The Balaban J connectivity index is 1.57. The van der Waals surface area contributed by atoms with Gasteiger partial charge in [-0.15, -0.1) is 0 Å². The second kappa shape index (κ2) is 11.0. The fraction of sp³-hybridized carbons (Fsp3) is 0.172. The molecule has 0 atom stereocenters. The molecule has 38 heavy (non-hydrogen) atoms. The minimum Gasteiger partial charge on any atom is -0.497 e. The van der Waals surface area contributed by atoms with Gasteiger partial charge in [0.25, 0.3) is 0 Å². The first-order valence-electron chi connectivity index (χ1n) is 11.9. The summed E-state index contributed by atoms with van der Waals surface area (Å²) in [6.07, 6.45) is 9.03. The van der Waals surface area contributed by atoms with Crippen LogP contribution < -0.4 is 18.9 Å². The van der Waals surface area contributed by atoms with Crippen LogP contribution in [0.5, 0.6) is 11.5 Å². The minimum atomic E-state index is -0.107. The molecule has 1 N–H and O–H groups in total. The van der Waals surface area contributed by atoms with Gasteiger partial charge in [-0.2, -0.15) is 9.67 Å². The van der Waals surface area contributed by atoms with Gasteiger partial charge in [0, 0.05) is 54.4 Å². The molecule has 3 heterocycles. The van der Waals surface area contributed by atoms with E-state index in [0.29, 0.717) is 18.0 Å². The van der Waals surface area contributed by atoms with Gasteiger partial charge in [-0.3, -0.25) is 9.67 Å². The molecule has 0 saturated heterocycles. The van der Waals surface area contributed by atoms with Crippen molar-refractivity contribution in [3.05, 3.63) is 85.1 Å². The highest BCUT2D eigenvalue weighted by Crippen LogP contribution is 2.34. The van der Waals surface area contributed by atoms with Crippen LogP contribution in [0.4, 0.5) is 11.4 Å². The lowest BCUT2D eigenvalue weighted by molar-refractivity contribution is -0.730. The van der Waals surface area contributed by atoms with Crippen molar-refractivity contribution in [3.63, 3.8) is 0 Å². The number of benzene rings is 2. The van der Waals surface area contributed by atoms with E-state index in [1.165, 1.54) is 0 Å². The number of nitrogens with zero attached hydrogens (tertiary/aromatic N) is 6. The van der Waals surface area contributed by atoms with Crippen LogP contribution in [-0.2, 0) is 13.8 Å². The zero-order valence-electron chi connectivity index (χ0n) is 21.4. The standard InChI is InChI=1S/C29H27N6O3/c1-33-19-22(16-31-33)29-17-30-27-9-8-23(14-28(27)32-29)35(24-12-25(37-2)15-26(13-24)38-3)11-5-7-21-6-4-10-34(18-21)20-36/h4,6,8-10,12-19,36H,11,20H2,1-3H3/q+1. The lowest BCUT2D eigenvalue weighted by atomic mass is 10.2. The van der Waals surface area contributed by atoms with E-state index in [1.54, 1.807) is 48.3 Å². The third kappa shape index (κ3) is 5.40. The number of pyridine rings is 1. The number of hydrogen-bond acceptors (Lipinski definition) is 7. The van der Waals surface area contributed by atoms with Crippen LogP contribution in [0, 0.1) is 11.8 Å². The molecule has 9 nitrogen and oxygen atoms in total. The number of anilines is 2. The number of aliphatic hydroxyl groups is 1. The monoisotopic (exact) mass is 507 g/mol. The van der Waals surface area contributed by atoms with Crippen molar-refractivity contribution in [1.82, 2.24) is 19.7 Å². The minimum absolute atomic E-state index is 0.107. The summed E-state index contributed by atoms with van der Waals surface area (Å²) in [5, 5.41) is 13.7. The third-order valence-corrected chi connectivity index (χ3v) is 5.98. The average molecular weight is 508 g/mol. The molecular formula is C29H27N6O3+. The lowest BCUT2D eigenvalue weighted by Gasteiger charge is -2.24. The summed E-state index contributed by atoms with van der Waals surface area (Å²) < 4.78 is 14.4. The summed E-state index contributed by atoms with van der Waals surface area (Å²) in [5.74, 6) is 7.80. The number of fused-ring (bicyclic) bond motifs is 1. The average Bonchev–Trinajstić information content (AvgIpc) is 3.40. The Kier molecular flexibility index (Phi) is 7.15. The molecule has 0 aliphatic heterocycles. The van der Waals surface area contributed by atoms with E-state index in [0.717, 1.165) is 39.2 Å². The number of aromatic nitrogens is 5. The third-order valence-electron chi connectivity index (χ3n) is 5.98. The molecule has 0 unspecified atom stereocenters. The van der Waals surface area contributed by atoms with Crippen LogP contribution >= 0.6 is 0 Å². The highest BCUT2D eigenvalue weighted by molar-refractivity contribution is 5.83. The highest BCUT2D eigenvalue weighted by Gasteiger charge is 2.14. The van der Waals surface area contributed by atoms with Gasteiger partial charge in [0.2, 0.25) is 6.73 Å². The summed E-state index contributed by atoms with van der Waals surface area (Å²) in [6, 6.07) is 15.4. The quantitative estimate of drug-likeness (QED) is 0.267. The maximum absolute atomic E-state index is 9.42. The van der Waals surface area contributed by atoms with Gasteiger partial charge in [0.15, 0.2) is 12.4 Å². The number of aliphatic hydroxyl groups excluding tert-OH is 1. The SMILES string of the molecule is COc1cc(OC)cc(N(CC#Cc2ccc[n+](CO)c2)c2ccc3ncc(-c4cnn(C)c4)nc3c2)c1. The number of hydrogen-bond donors (Lipinski definition) is 1. The molecule has 5 aromatic rings. The van der Waals surface area contributed by atoms with Crippen molar-refractivity contribution in [2.24, 2.45) is 7.05 Å². The zero-order chi connectivity index (χ0) is 26.5. The number of rotatable bonds is 7. The summed E-state index contributed by atoms with van der Waals surface area (Å²) in [4.78, 5) is 11.5. The molecule has 0 spiro atoms. The van der Waals surface area contributed by atoms with Gasteiger partial charge in [-0.1, -0.05) is 11.8 Å². The van der Waals surface area contributed by atoms with Crippen molar-refractivity contribution in [2.45, 2.75) is 6.73 Å². The molecule has 0 radical (unpaired) electrons. The van der Waals surface area contributed by atoms with Crippen LogP contribution in [0.2, 0.25) is 0 Å². The van der Waals surface area contributed by atoms with E-state index in [2.05, 4.69) is 26.8 Å². The second-order valence-electron chi connectivity index (χ2n) is 8.54. The van der Waals surface area contributed by atoms with Gasteiger partial charge < -0.3 is 19.5 Å². The summed E-state index contributed by atoms with van der Waals surface area (Å²) in [6.45, 7) is 0.274. The van der Waals surface area contributed by atoms with E-state index in [4.69, 9.17) is 14.5 Å². The second-order valence-corrected chi connectivity index (χ2v) is 8.54. The normalized spacial score (nSPS) is 10.6. The molecular weight excluding hydrogens is 480 g/mol. The van der Waals surface area contributed by atoms with Crippen molar-refractivity contribution in [2.75, 3.05) is 25.7 Å². The molecule has 5 rings (SSSR count).